The molecule has 0 fully saturated rings. The number of rotatable bonds is 10. The second-order valence-corrected chi connectivity index (χ2v) is 8.53. The highest BCUT2D eigenvalue weighted by molar-refractivity contribution is 5.44. The maximum absolute atomic E-state index is 3.27. The Morgan fingerprint density at radius 2 is 1.03 bits per heavy atom. The van der Waals surface area contributed by atoms with Crippen molar-refractivity contribution in [3.8, 4) is 11.8 Å². The van der Waals surface area contributed by atoms with Gasteiger partial charge in [0.05, 0.1) is 0 Å². The van der Waals surface area contributed by atoms with Crippen LogP contribution in [-0.2, 0) is 12.8 Å². The maximum Gasteiger partial charge on any atom is 0.0249 e. The zero-order valence-electron chi connectivity index (χ0n) is 22.3. The van der Waals surface area contributed by atoms with Crippen LogP contribution >= 0.6 is 0 Å². The summed E-state index contributed by atoms with van der Waals surface area (Å²) in [7, 11) is 0. The fourth-order valence-electron chi connectivity index (χ4n) is 3.23. The van der Waals surface area contributed by atoms with E-state index in [-0.39, 0.29) is 0 Å². The minimum Gasteiger partial charge on any atom is -0.0683 e. The van der Waals surface area contributed by atoms with Gasteiger partial charge in [0, 0.05) is 11.1 Å². The standard InChI is InChI=1S/C23H28.C7H16.C2H6/c1-4-6-7-20-8-10-21(11-9-20)12-13-22-14-16-23(17-15-22)18-19(3)5-2;1-3-5-7-6-4-2;1-2/h8-11,14-17,19H,4-7,18H2,1-3H3;3-7H2,1-2H3;1-2H3. The summed E-state index contributed by atoms with van der Waals surface area (Å²) < 4.78 is 0. The average Bonchev–Trinajstić information content (AvgIpc) is 2.85. The third kappa shape index (κ3) is 14.9. The smallest absolute Gasteiger partial charge is 0.0249 e. The number of hydrogen-bond donors (Lipinski definition) is 0. The lowest BCUT2D eigenvalue weighted by Crippen LogP contribution is -1.97. The van der Waals surface area contributed by atoms with E-state index in [4.69, 9.17) is 0 Å². The van der Waals surface area contributed by atoms with E-state index in [1.165, 1.54) is 68.9 Å². The van der Waals surface area contributed by atoms with Crippen molar-refractivity contribution in [2.24, 2.45) is 5.92 Å². The monoisotopic (exact) mass is 434 g/mol. The first-order chi connectivity index (χ1) is 15.6. The Bertz CT molecular complexity index is 705. The Hall–Kier alpha value is -2.00. The molecule has 0 aliphatic carbocycles. The van der Waals surface area contributed by atoms with Gasteiger partial charge in [0.25, 0.3) is 0 Å². The largest absolute Gasteiger partial charge is 0.0683 e. The second kappa shape index (κ2) is 20.9. The van der Waals surface area contributed by atoms with E-state index in [0.29, 0.717) is 0 Å². The molecule has 0 heterocycles. The SMILES string of the molecule is CC.CCCCCCC.CCCCc1ccc(C#Cc2ccc(CC(C)CC)cc2)cc1. The van der Waals surface area contributed by atoms with Crippen LogP contribution in [0.3, 0.4) is 0 Å². The molecule has 0 N–H and O–H groups in total. The van der Waals surface area contributed by atoms with Crippen molar-refractivity contribution in [2.75, 3.05) is 0 Å². The van der Waals surface area contributed by atoms with Gasteiger partial charge in [-0.05, 0) is 60.6 Å². The predicted octanol–water partition coefficient (Wildman–Crippen LogP) is 10.0. The zero-order valence-corrected chi connectivity index (χ0v) is 22.3. The van der Waals surface area contributed by atoms with Crippen LogP contribution in [0.4, 0.5) is 0 Å². The molecule has 0 amide bonds. The number of hydrogen-bond acceptors (Lipinski definition) is 0. The fourth-order valence-corrected chi connectivity index (χ4v) is 3.23. The molecule has 0 aliphatic rings. The van der Waals surface area contributed by atoms with Crippen LogP contribution in [0.1, 0.15) is 122 Å². The van der Waals surface area contributed by atoms with Crippen LogP contribution in [-0.4, -0.2) is 0 Å². The Morgan fingerprint density at radius 1 is 0.594 bits per heavy atom. The first-order valence-electron chi connectivity index (χ1n) is 13.3. The van der Waals surface area contributed by atoms with Gasteiger partial charge in [-0.3, -0.25) is 0 Å². The lowest BCUT2D eigenvalue weighted by Gasteiger charge is -2.07. The Morgan fingerprint density at radius 3 is 1.44 bits per heavy atom. The van der Waals surface area contributed by atoms with Gasteiger partial charge < -0.3 is 0 Å². The minimum absolute atomic E-state index is 0.748. The molecule has 2 rings (SSSR count). The topological polar surface area (TPSA) is 0 Å². The molecule has 0 saturated heterocycles. The summed E-state index contributed by atoms with van der Waals surface area (Å²) in [6.45, 7) is 15.3. The molecule has 0 radical (unpaired) electrons. The van der Waals surface area contributed by atoms with E-state index in [1.54, 1.807) is 0 Å². The van der Waals surface area contributed by atoms with E-state index in [1.807, 2.05) is 13.8 Å². The first kappa shape index (κ1) is 30.0. The summed E-state index contributed by atoms with van der Waals surface area (Å²) in [5.74, 6) is 7.28. The van der Waals surface area contributed by atoms with Crippen molar-refractivity contribution in [1.29, 1.82) is 0 Å². The average molecular weight is 435 g/mol. The quantitative estimate of drug-likeness (QED) is 0.258. The van der Waals surface area contributed by atoms with E-state index >= 15 is 0 Å². The van der Waals surface area contributed by atoms with Crippen molar-refractivity contribution < 1.29 is 0 Å². The fraction of sp³-hybridized carbons (Fsp3) is 0.562. The molecular weight excluding hydrogens is 384 g/mol. The molecule has 2 aromatic carbocycles. The van der Waals surface area contributed by atoms with E-state index in [2.05, 4.69) is 95.0 Å². The second-order valence-electron chi connectivity index (χ2n) is 8.53. The van der Waals surface area contributed by atoms with Gasteiger partial charge in [-0.1, -0.05) is 130 Å². The van der Waals surface area contributed by atoms with E-state index in [0.717, 1.165) is 23.5 Å². The summed E-state index contributed by atoms with van der Waals surface area (Å²) >= 11 is 0. The van der Waals surface area contributed by atoms with Crippen LogP contribution in [0.15, 0.2) is 48.5 Å². The predicted molar refractivity (Wildman–Crippen MR) is 146 cm³/mol. The van der Waals surface area contributed by atoms with Gasteiger partial charge in [-0.15, -0.1) is 0 Å². The molecule has 0 heteroatoms. The van der Waals surface area contributed by atoms with Crippen LogP contribution in [0.25, 0.3) is 0 Å². The summed E-state index contributed by atoms with van der Waals surface area (Å²) in [5.41, 5.74) is 5.00. The molecular formula is C32H50. The highest BCUT2D eigenvalue weighted by atomic mass is 14.1. The summed E-state index contributed by atoms with van der Waals surface area (Å²) in [6.07, 6.45) is 13.1. The Balaban J connectivity index is 0.000000911. The zero-order chi connectivity index (χ0) is 24.0. The number of benzene rings is 2. The minimum atomic E-state index is 0.748. The van der Waals surface area contributed by atoms with Crippen molar-refractivity contribution in [1.82, 2.24) is 0 Å². The number of unbranched alkanes of at least 4 members (excludes halogenated alkanes) is 5. The van der Waals surface area contributed by atoms with Crippen molar-refractivity contribution >= 4 is 0 Å². The third-order valence-corrected chi connectivity index (χ3v) is 5.57. The lowest BCUT2D eigenvalue weighted by atomic mass is 9.98. The van der Waals surface area contributed by atoms with Gasteiger partial charge in [-0.25, -0.2) is 0 Å². The summed E-state index contributed by atoms with van der Waals surface area (Å²) in [4.78, 5) is 0. The molecule has 0 aromatic heterocycles. The lowest BCUT2D eigenvalue weighted by molar-refractivity contribution is 0.560. The van der Waals surface area contributed by atoms with Gasteiger partial charge in [-0.2, -0.15) is 0 Å². The van der Waals surface area contributed by atoms with Gasteiger partial charge >= 0.3 is 0 Å². The highest BCUT2D eigenvalue weighted by Crippen LogP contribution is 2.12. The molecule has 178 valence electrons. The van der Waals surface area contributed by atoms with E-state index in [9.17, 15) is 0 Å². The Kier molecular flexibility index (Phi) is 19.6. The highest BCUT2D eigenvalue weighted by Gasteiger charge is 2.00. The first-order valence-corrected chi connectivity index (χ1v) is 13.3. The van der Waals surface area contributed by atoms with Gasteiger partial charge in [0.2, 0.25) is 0 Å². The van der Waals surface area contributed by atoms with Crippen molar-refractivity contribution in [3.63, 3.8) is 0 Å². The van der Waals surface area contributed by atoms with Crippen LogP contribution in [0.5, 0.6) is 0 Å². The maximum atomic E-state index is 3.27. The summed E-state index contributed by atoms with van der Waals surface area (Å²) in [5, 5.41) is 0. The normalized spacial score (nSPS) is 10.6. The molecule has 0 bridgehead atoms. The van der Waals surface area contributed by atoms with E-state index < -0.39 is 0 Å². The van der Waals surface area contributed by atoms with Gasteiger partial charge in [0.15, 0.2) is 0 Å². The molecule has 0 saturated carbocycles. The molecule has 0 nitrogen and oxygen atoms in total. The molecule has 0 aliphatic heterocycles. The molecule has 2 aromatic rings. The van der Waals surface area contributed by atoms with Crippen LogP contribution in [0.2, 0.25) is 0 Å². The molecule has 32 heavy (non-hydrogen) atoms. The number of aryl methyl sites for hydroxylation is 1. The summed E-state index contributed by atoms with van der Waals surface area (Å²) in [6, 6.07) is 17.4. The van der Waals surface area contributed by atoms with Crippen LogP contribution in [0, 0.1) is 17.8 Å². The van der Waals surface area contributed by atoms with Crippen LogP contribution < -0.4 is 0 Å². The van der Waals surface area contributed by atoms with Crippen molar-refractivity contribution in [3.05, 3.63) is 70.8 Å². The van der Waals surface area contributed by atoms with Gasteiger partial charge in [0.1, 0.15) is 0 Å². The third-order valence-electron chi connectivity index (χ3n) is 5.57. The molecule has 1 atom stereocenters. The molecule has 0 spiro atoms. The molecule has 1 unspecified atom stereocenters. The van der Waals surface area contributed by atoms with Crippen molar-refractivity contribution in [2.45, 2.75) is 113 Å². The Labute approximate surface area is 201 Å².